The van der Waals surface area contributed by atoms with E-state index >= 15 is 0 Å². The van der Waals surface area contributed by atoms with Crippen LogP contribution in [0.4, 0.5) is 5.82 Å². The molecule has 3 rings (SSSR count). The van der Waals surface area contributed by atoms with Crippen molar-refractivity contribution in [1.29, 1.82) is 0 Å². The number of hydrogen-bond acceptors (Lipinski definition) is 2. The Morgan fingerprint density at radius 1 is 1.41 bits per heavy atom. The van der Waals surface area contributed by atoms with E-state index in [1.165, 1.54) is 12.2 Å². The smallest absolute Gasteiger partial charge is 0.138 e. The fourth-order valence-electron chi connectivity index (χ4n) is 2.62. The molecular formula is C13H16ClN3. The Hall–Kier alpha value is -1.22. The highest BCUT2D eigenvalue weighted by Gasteiger charge is 2.23. The molecule has 3 nitrogen and oxygen atoms in total. The van der Waals surface area contributed by atoms with Gasteiger partial charge in [-0.25, -0.2) is 4.98 Å². The van der Waals surface area contributed by atoms with Crippen molar-refractivity contribution in [1.82, 2.24) is 9.38 Å². The first-order valence-electron chi connectivity index (χ1n) is 6.11. The standard InChI is InChI=1S/C13H16ClN3/c14-6-4-11-5-8-16(10-11)13-3-1-2-12-15-7-9-17(12)13/h1-3,7,9,11H,4-6,8,10H2. The summed E-state index contributed by atoms with van der Waals surface area (Å²) in [6.07, 6.45) is 6.25. The molecule has 1 saturated heterocycles. The van der Waals surface area contributed by atoms with Crippen LogP contribution in [0.5, 0.6) is 0 Å². The number of pyridine rings is 1. The summed E-state index contributed by atoms with van der Waals surface area (Å²) < 4.78 is 2.16. The molecular weight excluding hydrogens is 234 g/mol. The van der Waals surface area contributed by atoms with Crippen molar-refractivity contribution < 1.29 is 0 Å². The minimum absolute atomic E-state index is 0.742. The van der Waals surface area contributed by atoms with Gasteiger partial charge in [-0.15, -0.1) is 11.6 Å². The summed E-state index contributed by atoms with van der Waals surface area (Å²) in [7, 11) is 0. The van der Waals surface area contributed by atoms with Crippen LogP contribution in [-0.4, -0.2) is 28.4 Å². The SMILES string of the molecule is ClCCC1CCN(c2cccc3nccn23)C1. The lowest BCUT2D eigenvalue weighted by molar-refractivity contribution is 0.572. The number of anilines is 1. The van der Waals surface area contributed by atoms with Crippen LogP contribution in [0.2, 0.25) is 0 Å². The number of fused-ring (bicyclic) bond motifs is 1. The van der Waals surface area contributed by atoms with Gasteiger partial charge in [0.05, 0.1) is 0 Å². The molecule has 0 radical (unpaired) electrons. The van der Waals surface area contributed by atoms with Crippen molar-refractivity contribution in [3.63, 3.8) is 0 Å². The molecule has 0 aliphatic carbocycles. The molecule has 0 saturated carbocycles. The topological polar surface area (TPSA) is 20.5 Å². The first-order chi connectivity index (χ1) is 8.38. The molecule has 90 valence electrons. The highest BCUT2D eigenvalue weighted by molar-refractivity contribution is 6.17. The molecule has 0 amide bonds. The maximum atomic E-state index is 5.82. The molecule has 0 N–H and O–H groups in total. The average Bonchev–Trinajstić information content (AvgIpc) is 2.96. The van der Waals surface area contributed by atoms with Gasteiger partial charge < -0.3 is 4.90 Å². The van der Waals surface area contributed by atoms with Gasteiger partial charge in [-0.1, -0.05) is 6.07 Å². The van der Waals surface area contributed by atoms with Crippen molar-refractivity contribution in [3.8, 4) is 0 Å². The lowest BCUT2D eigenvalue weighted by atomic mass is 10.1. The van der Waals surface area contributed by atoms with Crippen LogP contribution >= 0.6 is 11.6 Å². The van der Waals surface area contributed by atoms with Gasteiger partial charge in [-0.3, -0.25) is 4.40 Å². The zero-order valence-corrected chi connectivity index (χ0v) is 10.5. The Morgan fingerprint density at radius 2 is 2.35 bits per heavy atom. The van der Waals surface area contributed by atoms with Crippen LogP contribution in [0, 0.1) is 5.92 Å². The minimum atomic E-state index is 0.742. The molecule has 0 spiro atoms. The second-order valence-corrected chi connectivity index (χ2v) is 5.00. The van der Waals surface area contributed by atoms with Gasteiger partial charge in [-0.05, 0) is 30.9 Å². The van der Waals surface area contributed by atoms with Gasteiger partial charge in [0.15, 0.2) is 0 Å². The number of rotatable bonds is 3. The van der Waals surface area contributed by atoms with Crippen LogP contribution in [0.15, 0.2) is 30.6 Å². The molecule has 1 unspecified atom stereocenters. The van der Waals surface area contributed by atoms with Crippen LogP contribution in [-0.2, 0) is 0 Å². The number of imidazole rings is 1. The lowest BCUT2D eigenvalue weighted by Crippen LogP contribution is -2.22. The average molecular weight is 250 g/mol. The number of halogens is 1. The Balaban J connectivity index is 1.87. The van der Waals surface area contributed by atoms with Gasteiger partial charge in [0.2, 0.25) is 0 Å². The van der Waals surface area contributed by atoms with Crippen molar-refractivity contribution >= 4 is 23.1 Å². The summed E-state index contributed by atoms with van der Waals surface area (Å²) in [5, 5.41) is 0. The fourth-order valence-corrected chi connectivity index (χ4v) is 2.93. The quantitative estimate of drug-likeness (QED) is 0.780. The summed E-state index contributed by atoms with van der Waals surface area (Å²) in [4.78, 5) is 6.76. The summed E-state index contributed by atoms with van der Waals surface area (Å²) in [6, 6.07) is 6.28. The second-order valence-electron chi connectivity index (χ2n) is 4.62. The minimum Gasteiger partial charge on any atom is -0.357 e. The van der Waals surface area contributed by atoms with Gasteiger partial charge in [-0.2, -0.15) is 0 Å². The number of alkyl halides is 1. The number of aromatic nitrogens is 2. The van der Waals surface area contributed by atoms with E-state index in [0.717, 1.165) is 37.0 Å². The van der Waals surface area contributed by atoms with Crippen molar-refractivity contribution in [2.75, 3.05) is 23.9 Å². The van der Waals surface area contributed by atoms with E-state index in [9.17, 15) is 0 Å². The maximum Gasteiger partial charge on any atom is 0.138 e. The normalized spacial score (nSPS) is 20.3. The van der Waals surface area contributed by atoms with E-state index in [1.807, 2.05) is 18.5 Å². The Kier molecular flexibility index (Phi) is 2.93. The van der Waals surface area contributed by atoms with E-state index in [4.69, 9.17) is 11.6 Å². The fraction of sp³-hybridized carbons (Fsp3) is 0.462. The molecule has 17 heavy (non-hydrogen) atoms. The third-order valence-corrected chi connectivity index (χ3v) is 3.75. The Labute approximate surface area is 106 Å². The predicted molar refractivity (Wildman–Crippen MR) is 70.8 cm³/mol. The van der Waals surface area contributed by atoms with Gasteiger partial charge >= 0.3 is 0 Å². The van der Waals surface area contributed by atoms with Crippen molar-refractivity contribution in [2.24, 2.45) is 5.92 Å². The highest BCUT2D eigenvalue weighted by atomic mass is 35.5. The molecule has 1 fully saturated rings. The molecule has 3 heterocycles. The van der Waals surface area contributed by atoms with Crippen LogP contribution in [0.1, 0.15) is 12.8 Å². The highest BCUT2D eigenvalue weighted by Crippen LogP contribution is 2.26. The van der Waals surface area contributed by atoms with E-state index in [1.54, 1.807) is 0 Å². The molecule has 1 aliphatic heterocycles. The molecule has 1 aliphatic rings. The molecule has 4 heteroatoms. The molecule has 2 aromatic rings. The molecule has 0 aromatic carbocycles. The molecule has 1 atom stereocenters. The Morgan fingerprint density at radius 3 is 3.24 bits per heavy atom. The summed E-state index contributed by atoms with van der Waals surface area (Å²) >= 11 is 5.82. The number of hydrogen-bond donors (Lipinski definition) is 0. The van der Waals surface area contributed by atoms with E-state index in [0.29, 0.717) is 0 Å². The maximum absolute atomic E-state index is 5.82. The van der Waals surface area contributed by atoms with Gasteiger partial charge in [0, 0.05) is 31.4 Å². The largest absolute Gasteiger partial charge is 0.357 e. The summed E-state index contributed by atoms with van der Waals surface area (Å²) in [5.74, 6) is 2.76. The summed E-state index contributed by atoms with van der Waals surface area (Å²) in [6.45, 7) is 2.24. The number of nitrogens with zero attached hydrogens (tertiary/aromatic N) is 3. The van der Waals surface area contributed by atoms with Crippen LogP contribution in [0.3, 0.4) is 0 Å². The van der Waals surface area contributed by atoms with Gasteiger partial charge in [0.25, 0.3) is 0 Å². The van der Waals surface area contributed by atoms with Crippen molar-refractivity contribution in [2.45, 2.75) is 12.8 Å². The third-order valence-electron chi connectivity index (χ3n) is 3.53. The van der Waals surface area contributed by atoms with Gasteiger partial charge in [0.1, 0.15) is 11.5 Å². The first kappa shape index (κ1) is 10.9. The zero-order valence-electron chi connectivity index (χ0n) is 9.72. The monoisotopic (exact) mass is 249 g/mol. The zero-order chi connectivity index (χ0) is 11.7. The van der Waals surface area contributed by atoms with Crippen LogP contribution < -0.4 is 4.90 Å². The van der Waals surface area contributed by atoms with Crippen molar-refractivity contribution in [3.05, 3.63) is 30.6 Å². The Bertz CT molecular complexity index is 508. The van der Waals surface area contributed by atoms with E-state index in [2.05, 4.69) is 26.4 Å². The predicted octanol–water partition coefficient (Wildman–Crippen LogP) is 2.79. The molecule has 2 aromatic heterocycles. The lowest BCUT2D eigenvalue weighted by Gasteiger charge is -2.19. The van der Waals surface area contributed by atoms with E-state index in [-0.39, 0.29) is 0 Å². The second kappa shape index (κ2) is 4.57. The third kappa shape index (κ3) is 2.00. The first-order valence-corrected chi connectivity index (χ1v) is 6.65. The van der Waals surface area contributed by atoms with Crippen LogP contribution in [0.25, 0.3) is 5.65 Å². The van der Waals surface area contributed by atoms with E-state index < -0.39 is 0 Å². The molecule has 0 bridgehead atoms. The summed E-state index contributed by atoms with van der Waals surface area (Å²) in [5.41, 5.74) is 1.02.